The van der Waals surface area contributed by atoms with E-state index in [-0.39, 0.29) is 17.6 Å². The van der Waals surface area contributed by atoms with Gasteiger partial charge in [0.25, 0.3) is 0 Å². The van der Waals surface area contributed by atoms with Crippen molar-refractivity contribution in [3.05, 3.63) is 51.9 Å². The average Bonchev–Trinajstić information content (AvgIpc) is 3.12. The summed E-state index contributed by atoms with van der Waals surface area (Å²) in [4.78, 5) is 19.8. The predicted molar refractivity (Wildman–Crippen MR) is 81.0 cm³/mol. The lowest BCUT2D eigenvalue weighted by molar-refractivity contribution is 0.103. The van der Waals surface area contributed by atoms with E-state index in [1.54, 1.807) is 12.3 Å². The van der Waals surface area contributed by atoms with E-state index >= 15 is 0 Å². The lowest BCUT2D eigenvalue weighted by Gasteiger charge is -2.02. The smallest absolute Gasteiger partial charge is 0.223 e. The minimum absolute atomic E-state index is 0.153. The molecule has 0 fully saturated rings. The number of carbonyl (C=O) groups excluding carboxylic acids is 1. The molecule has 6 heteroatoms. The van der Waals surface area contributed by atoms with Crippen LogP contribution in [-0.2, 0) is 0 Å². The maximum atomic E-state index is 13.2. The largest absolute Gasteiger partial charge is 0.360 e. The molecule has 4 nitrogen and oxygen atoms in total. The van der Waals surface area contributed by atoms with Gasteiger partial charge in [0, 0.05) is 28.5 Å². The number of hydrogen-bond donors (Lipinski definition) is 2. The van der Waals surface area contributed by atoms with Gasteiger partial charge in [-0.05, 0) is 24.6 Å². The Morgan fingerprint density at radius 1 is 1.52 bits per heavy atom. The first-order chi connectivity index (χ1) is 10.1. The quantitative estimate of drug-likeness (QED) is 0.726. The zero-order valence-electron chi connectivity index (χ0n) is 11.4. The van der Waals surface area contributed by atoms with E-state index in [4.69, 9.17) is 5.73 Å². The molecule has 2 aromatic heterocycles. The van der Waals surface area contributed by atoms with Crippen LogP contribution >= 0.6 is 11.3 Å². The molecular weight excluding hydrogens is 289 g/mol. The Kier molecular flexibility index (Phi) is 3.57. The highest BCUT2D eigenvalue weighted by molar-refractivity contribution is 7.12. The van der Waals surface area contributed by atoms with Crippen LogP contribution in [0.3, 0.4) is 0 Å². The SMILES string of the molecule is CC[C@H](N)c1csc(C(=O)c2c[nH]c3cc(F)ccc23)n1. The third-order valence-corrected chi connectivity index (χ3v) is 4.28. The minimum atomic E-state index is -0.339. The number of aromatic nitrogens is 2. The molecule has 1 atom stereocenters. The van der Waals surface area contributed by atoms with Gasteiger partial charge in [0.05, 0.1) is 11.3 Å². The standard InChI is InChI=1S/C15H14FN3OS/c1-2-11(17)13-7-21-15(19-13)14(20)10-6-18-12-5-8(16)3-4-9(10)12/h3-7,11,18H,2,17H2,1H3/t11-/m0/s1. The Labute approximate surface area is 124 Å². The summed E-state index contributed by atoms with van der Waals surface area (Å²) in [7, 11) is 0. The van der Waals surface area contributed by atoms with E-state index < -0.39 is 0 Å². The Balaban J connectivity index is 1.98. The Morgan fingerprint density at radius 2 is 2.33 bits per heavy atom. The van der Waals surface area contributed by atoms with Crippen molar-refractivity contribution in [2.45, 2.75) is 19.4 Å². The van der Waals surface area contributed by atoms with Gasteiger partial charge >= 0.3 is 0 Å². The number of aromatic amines is 1. The summed E-state index contributed by atoms with van der Waals surface area (Å²) in [6.45, 7) is 1.97. The number of fused-ring (bicyclic) bond motifs is 1. The predicted octanol–water partition coefficient (Wildman–Crippen LogP) is 3.40. The number of carbonyl (C=O) groups is 1. The number of thiazole rings is 1. The van der Waals surface area contributed by atoms with Crippen molar-refractivity contribution in [1.29, 1.82) is 0 Å². The molecule has 108 valence electrons. The first-order valence-corrected chi connectivity index (χ1v) is 7.50. The number of nitrogens with two attached hydrogens (primary N) is 1. The summed E-state index contributed by atoms with van der Waals surface area (Å²) in [5.41, 5.74) is 7.75. The van der Waals surface area contributed by atoms with Crippen LogP contribution in [0.5, 0.6) is 0 Å². The molecular formula is C15H14FN3OS. The maximum absolute atomic E-state index is 13.2. The van der Waals surface area contributed by atoms with Crippen molar-refractivity contribution in [2.75, 3.05) is 0 Å². The molecule has 0 aliphatic heterocycles. The normalized spacial score (nSPS) is 12.7. The summed E-state index contributed by atoms with van der Waals surface area (Å²) in [5.74, 6) is -0.513. The molecule has 3 rings (SSSR count). The maximum Gasteiger partial charge on any atom is 0.223 e. The molecule has 3 N–H and O–H groups in total. The fourth-order valence-electron chi connectivity index (χ4n) is 2.17. The molecule has 3 aromatic rings. The van der Waals surface area contributed by atoms with E-state index in [0.717, 1.165) is 12.1 Å². The van der Waals surface area contributed by atoms with Gasteiger partial charge in [-0.25, -0.2) is 9.37 Å². The number of benzene rings is 1. The summed E-state index contributed by atoms with van der Waals surface area (Å²) in [6.07, 6.45) is 2.36. The van der Waals surface area contributed by atoms with Crippen LogP contribution < -0.4 is 5.73 Å². The van der Waals surface area contributed by atoms with Crippen molar-refractivity contribution < 1.29 is 9.18 Å². The molecule has 0 spiro atoms. The third-order valence-electron chi connectivity index (χ3n) is 3.42. The van der Waals surface area contributed by atoms with Crippen molar-refractivity contribution >= 4 is 28.0 Å². The van der Waals surface area contributed by atoms with Crippen LogP contribution in [0.25, 0.3) is 10.9 Å². The van der Waals surface area contributed by atoms with E-state index in [0.29, 0.717) is 21.5 Å². The zero-order chi connectivity index (χ0) is 15.0. The van der Waals surface area contributed by atoms with Crippen molar-refractivity contribution in [2.24, 2.45) is 5.73 Å². The minimum Gasteiger partial charge on any atom is -0.360 e. The van der Waals surface area contributed by atoms with Crippen LogP contribution in [0.2, 0.25) is 0 Å². The molecule has 0 aliphatic carbocycles. The number of rotatable bonds is 4. The van der Waals surface area contributed by atoms with E-state index in [1.807, 2.05) is 12.3 Å². The van der Waals surface area contributed by atoms with Crippen molar-refractivity contribution in [3.8, 4) is 0 Å². The second-order valence-electron chi connectivity index (χ2n) is 4.81. The lowest BCUT2D eigenvalue weighted by atomic mass is 10.1. The number of halogens is 1. The molecule has 0 amide bonds. The van der Waals surface area contributed by atoms with Gasteiger partial charge in [-0.1, -0.05) is 6.92 Å². The summed E-state index contributed by atoms with van der Waals surface area (Å²) in [6, 6.07) is 4.15. The number of nitrogens with one attached hydrogen (secondary N) is 1. The van der Waals surface area contributed by atoms with Crippen LogP contribution in [0.4, 0.5) is 4.39 Å². The topological polar surface area (TPSA) is 71.8 Å². The van der Waals surface area contributed by atoms with Crippen LogP contribution in [0.1, 0.15) is 40.4 Å². The fraction of sp³-hybridized carbons (Fsp3) is 0.200. The van der Waals surface area contributed by atoms with E-state index in [2.05, 4.69) is 9.97 Å². The first kappa shape index (κ1) is 13.9. The molecule has 0 saturated carbocycles. The number of ketones is 1. The summed E-state index contributed by atoms with van der Waals surface area (Å²) in [5, 5.41) is 2.91. The van der Waals surface area contributed by atoms with Gasteiger partial charge in [-0.2, -0.15) is 0 Å². The van der Waals surface area contributed by atoms with Gasteiger partial charge in [-0.3, -0.25) is 4.79 Å². The highest BCUT2D eigenvalue weighted by atomic mass is 32.1. The van der Waals surface area contributed by atoms with Crippen molar-refractivity contribution in [3.63, 3.8) is 0 Å². The number of H-pyrrole nitrogens is 1. The number of nitrogens with zero attached hydrogens (tertiary/aromatic N) is 1. The van der Waals surface area contributed by atoms with E-state index in [9.17, 15) is 9.18 Å². The van der Waals surface area contributed by atoms with Gasteiger partial charge in [-0.15, -0.1) is 11.3 Å². The first-order valence-electron chi connectivity index (χ1n) is 6.62. The molecule has 0 unspecified atom stereocenters. The molecule has 0 bridgehead atoms. The average molecular weight is 303 g/mol. The van der Waals surface area contributed by atoms with E-state index in [1.165, 1.54) is 23.5 Å². The van der Waals surface area contributed by atoms with Gasteiger partial charge in [0.15, 0.2) is 5.01 Å². The van der Waals surface area contributed by atoms with Crippen molar-refractivity contribution in [1.82, 2.24) is 9.97 Å². The Bertz CT molecular complexity index is 808. The van der Waals surface area contributed by atoms with Gasteiger partial charge < -0.3 is 10.7 Å². The van der Waals surface area contributed by atoms with Gasteiger partial charge in [0.2, 0.25) is 5.78 Å². The fourth-order valence-corrected chi connectivity index (χ4v) is 3.01. The molecule has 1 aromatic carbocycles. The molecule has 0 aliphatic rings. The molecule has 2 heterocycles. The lowest BCUT2D eigenvalue weighted by Crippen LogP contribution is -2.09. The number of hydrogen-bond acceptors (Lipinski definition) is 4. The second-order valence-corrected chi connectivity index (χ2v) is 5.67. The van der Waals surface area contributed by atoms with Crippen LogP contribution in [0, 0.1) is 5.82 Å². The highest BCUT2D eigenvalue weighted by Gasteiger charge is 2.19. The monoisotopic (exact) mass is 303 g/mol. The van der Waals surface area contributed by atoms with Crippen LogP contribution in [0.15, 0.2) is 29.8 Å². The molecule has 0 radical (unpaired) electrons. The highest BCUT2D eigenvalue weighted by Crippen LogP contribution is 2.24. The summed E-state index contributed by atoms with van der Waals surface area (Å²) >= 11 is 1.28. The molecule has 21 heavy (non-hydrogen) atoms. The third kappa shape index (κ3) is 2.48. The molecule has 0 saturated heterocycles. The zero-order valence-corrected chi connectivity index (χ0v) is 12.2. The second kappa shape index (κ2) is 5.38. The van der Waals surface area contributed by atoms with Gasteiger partial charge in [0.1, 0.15) is 5.82 Å². The Morgan fingerprint density at radius 3 is 3.10 bits per heavy atom. The Hall–Kier alpha value is -2.05. The van der Waals surface area contributed by atoms with Crippen LogP contribution in [-0.4, -0.2) is 15.8 Å². The summed E-state index contributed by atoms with van der Waals surface area (Å²) < 4.78 is 13.2.